The summed E-state index contributed by atoms with van der Waals surface area (Å²) < 4.78 is 0. The molecule has 0 aliphatic heterocycles. The maximum atomic E-state index is 10.5. The fourth-order valence-electron chi connectivity index (χ4n) is 1.58. The Morgan fingerprint density at radius 1 is 1.38 bits per heavy atom. The van der Waals surface area contributed by atoms with Crippen molar-refractivity contribution in [2.45, 2.75) is 13.3 Å². The van der Waals surface area contributed by atoms with Gasteiger partial charge in [-0.3, -0.25) is 4.98 Å². The minimum Gasteiger partial charge on any atom is -0.550 e. The van der Waals surface area contributed by atoms with Gasteiger partial charge >= 0.3 is 18.9 Å². The molecule has 0 fully saturated rings. The zero-order chi connectivity index (χ0) is 10.8. The molecule has 0 radical (unpaired) electrons. The molecule has 0 saturated carbocycles. The number of hydrogen-bond donors (Lipinski definition) is 0. The molecule has 2 rings (SSSR count). The van der Waals surface area contributed by atoms with Gasteiger partial charge in [-0.05, 0) is 24.6 Å². The summed E-state index contributed by atoms with van der Waals surface area (Å²) >= 11 is 0. The molecular formula is C12H10LiNO2. The number of hydrogen-bond acceptors (Lipinski definition) is 3. The second-order valence-electron chi connectivity index (χ2n) is 3.49. The molecule has 0 N–H and O–H groups in total. The number of fused-ring (bicyclic) bond motifs is 1. The fourth-order valence-corrected chi connectivity index (χ4v) is 1.58. The molecule has 0 aliphatic carbocycles. The van der Waals surface area contributed by atoms with E-state index in [4.69, 9.17) is 0 Å². The summed E-state index contributed by atoms with van der Waals surface area (Å²) in [5.74, 6) is -1.10. The Kier molecular flexibility index (Phi) is 4.11. The van der Waals surface area contributed by atoms with Crippen molar-refractivity contribution in [1.29, 1.82) is 0 Å². The third-order valence-corrected chi connectivity index (χ3v) is 2.33. The number of aliphatic carboxylic acids is 1. The van der Waals surface area contributed by atoms with Crippen molar-refractivity contribution in [3.05, 3.63) is 41.6 Å². The molecule has 0 amide bonds. The van der Waals surface area contributed by atoms with Gasteiger partial charge in [0.25, 0.3) is 0 Å². The maximum Gasteiger partial charge on any atom is 1.00 e. The van der Waals surface area contributed by atoms with Crippen LogP contribution in [0.3, 0.4) is 0 Å². The second-order valence-corrected chi connectivity index (χ2v) is 3.49. The van der Waals surface area contributed by atoms with Crippen molar-refractivity contribution in [3.63, 3.8) is 0 Å². The number of carboxylic acid groups (broad SMARTS) is 1. The summed E-state index contributed by atoms with van der Waals surface area (Å²) in [5.41, 5.74) is 2.28. The minimum atomic E-state index is -1.10. The molecule has 3 nitrogen and oxygen atoms in total. The van der Waals surface area contributed by atoms with Crippen LogP contribution < -0.4 is 24.0 Å². The normalized spacial score (nSPS) is 9.81. The van der Waals surface area contributed by atoms with Gasteiger partial charge in [-0.1, -0.05) is 18.2 Å². The van der Waals surface area contributed by atoms with E-state index in [1.807, 2.05) is 37.3 Å². The average molecular weight is 207 g/mol. The van der Waals surface area contributed by atoms with Crippen LogP contribution >= 0.6 is 0 Å². The van der Waals surface area contributed by atoms with Crippen LogP contribution in [0.1, 0.15) is 11.3 Å². The molecule has 2 aromatic rings. The van der Waals surface area contributed by atoms with Gasteiger partial charge in [-0.2, -0.15) is 0 Å². The third-order valence-electron chi connectivity index (χ3n) is 2.33. The van der Waals surface area contributed by atoms with Crippen molar-refractivity contribution < 1.29 is 28.8 Å². The van der Waals surface area contributed by atoms with Crippen LogP contribution in [-0.4, -0.2) is 11.0 Å². The zero-order valence-corrected chi connectivity index (χ0v) is 9.36. The molecule has 4 heteroatoms. The summed E-state index contributed by atoms with van der Waals surface area (Å²) in [6.45, 7) is 1.86. The quantitative estimate of drug-likeness (QED) is 0.527. The van der Waals surface area contributed by atoms with E-state index in [0.717, 1.165) is 16.5 Å². The largest absolute Gasteiger partial charge is 1.00 e. The van der Waals surface area contributed by atoms with Crippen molar-refractivity contribution in [2.24, 2.45) is 0 Å². The van der Waals surface area contributed by atoms with Gasteiger partial charge in [0.2, 0.25) is 0 Å². The van der Waals surface area contributed by atoms with Crippen LogP contribution in [0.5, 0.6) is 0 Å². The molecule has 0 unspecified atom stereocenters. The predicted octanol–water partition coefficient (Wildman–Crippen LogP) is -2.16. The monoisotopic (exact) mass is 207 g/mol. The number of nitrogens with zero attached hydrogens (tertiary/aromatic N) is 1. The molecular weight excluding hydrogens is 197 g/mol. The summed E-state index contributed by atoms with van der Waals surface area (Å²) in [6.07, 6.45) is -0.128. The first kappa shape index (κ1) is 12.8. The molecule has 76 valence electrons. The third kappa shape index (κ3) is 2.63. The Morgan fingerprint density at radius 3 is 2.75 bits per heavy atom. The first-order valence-electron chi connectivity index (χ1n) is 4.72. The van der Waals surface area contributed by atoms with Gasteiger partial charge in [0.05, 0.1) is 5.52 Å². The zero-order valence-electron chi connectivity index (χ0n) is 9.36. The number of aromatic nitrogens is 1. The second kappa shape index (κ2) is 5.16. The van der Waals surface area contributed by atoms with E-state index in [0.29, 0.717) is 5.69 Å². The van der Waals surface area contributed by atoms with Gasteiger partial charge in [0.1, 0.15) is 0 Å². The molecule has 16 heavy (non-hydrogen) atoms. The summed E-state index contributed by atoms with van der Waals surface area (Å²) in [4.78, 5) is 14.8. The Bertz CT molecular complexity index is 525. The molecule has 0 bridgehead atoms. The van der Waals surface area contributed by atoms with Crippen molar-refractivity contribution in [2.75, 3.05) is 0 Å². The maximum absolute atomic E-state index is 10.5. The number of carboxylic acids is 1. The van der Waals surface area contributed by atoms with Gasteiger partial charge in [-0.15, -0.1) is 0 Å². The smallest absolute Gasteiger partial charge is 0.550 e. The van der Waals surface area contributed by atoms with Crippen LogP contribution in [0.25, 0.3) is 10.9 Å². The molecule has 0 aliphatic rings. The van der Waals surface area contributed by atoms with Crippen LogP contribution in [0.2, 0.25) is 0 Å². The number of carbonyl (C=O) groups is 1. The van der Waals surface area contributed by atoms with E-state index in [9.17, 15) is 9.90 Å². The average Bonchev–Trinajstić information content (AvgIpc) is 2.18. The number of rotatable bonds is 2. The number of para-hydroxylation sites is 1. The standard InChI is InChI=1S/C12H11NO2.Li/c1-8-6-9-4-2-3-5-10(9)13-11(8)7-12(14)15;/h2-6H,7H2,1H3,(H,14,15);/q;+1/p-1. The molecule has 0 atom stereocenters. The Morgan fingerprint density at radius 2 is 2.06 bits per heavy atom. The minimum absolute atomic E-state index is 0. The first-order valence-corrected chi connectivity index (χ1v) is 4.72. The molecule has 0 spiro atoms. The summed E-state index contributed by atoms with van der Waals surface area (Å²) in [6, 6.07) is 9.58. The summed E-state index contributed by atoms with van der Waals surface area (Å²) in [5, 5.41) is 11.5. The van der Waals surface area contributed by atoms with E-state index in [1.54, 1.807) is 0 Å². The SMILES string of the molecule is Cc1cc2ccccc2nc1CC(=O)[O-].[Li+]. The van der Waals surface area contributed by atoms with Crippen molar-refractivity contribution in [1.82, 2.24) is 4.98 Å². The number of benzene rings is 1. The first-order chi connectivity index (χ1) is 7.16. The van der Waals surface area contributed by atoms with E-state index in [-0.39, 0.29) is 25.3 Å². The number of carbonyl (C=O) groups excluding carboxylic acids is 1. The Hall–Kier alpha value is -1.30. The van der Waals surface area contributed by atoms with Gasteiger partial charge in [0, 0.05) is 23.5 Å². The van der Waals surface area contributed by atoms with E-state index >= 15 is 0 Å². The number of pyridine rings is 1. The molecule has 1 aromatic carbocycles. The number of aryl methyl sites for hydroxylation is 1. The van der Waals surface area contributed by atoms with E-state index in [2.05, 4.69) is 4.98 Å². The van der Waals surface area contributed by atoms with Gasteiger partial charge in [-0.25, -0.2) is 0 Å². The van der Waals surface area contributed by atoms with Crippen molar-refractivity contribution in [3.8, 4) is 0 Å². The predicted molar refractivity (Wildman–Crippen MR) is 55.2 cm³/mol. The van der Waals surface area contributed by atoms with Crippen molar-refractivity contribution >= 4 is 16.9 Å². The van der Waals surface area contributed by atoms with Crippen LogP contribution in [-0.2, 0) is 11.2 Å². The molecule has 1 aromatic heterocycles. The Labute approximate surface area is 106 Å². The van der Waals surface area contributed by atoms with Crippen LogP contribution in [0.15, 0.2) is 30.3 Å². The van der Waals surface area contributed by atoms with E-state index < -0.39 is 5.97 Å². The van der Waals surface area contributed by atoms with Crippen LogP contribution in [0, 0.1) is 6.92 Å². The summed E-state index contributed by atoms with van der Waals surface area (Å²) in [7, 11) is 0. The van der Waals surface area contributed by atoms with Crippen LogP contribution in [0.4, 0.5) is 0 Å². The molecule has 1 heterocycles. The van der Waals surface area contributed by atoms with E-state index in [1.165, 1.54) is 0 Å². The van der Waals surface area contributed by atoms with Gasteiger partial charge in [0.15, 0.2) is 0 Å². The topological polar surface area (TPSA) is 53.0 Å². The fraction of sp³-hybridized carbons (Fsp3) is 0.167. The van der Waals surface area contributed by atoms with Gasteiger partial charge < -0.3 is 9.90 Å². The molecule has 0 saturated heterocycles. The Balaban J connectivity index is 0.00000128.